The van der Waals surface area contributed by atoms with Crippen LogP contribution in [0.3, 0.4) is 0 Å². The van der Waals surface area contributed by atoms with Crippen LogP contribution in [0, 0.1) is 24.2 Å². The van der Waals surface area contributed by atoms with E-state index in [1.807, 2.05) is 32.9 Å². The summed E-state index contributed by atoms with van der Waals surface area (Å²) in [5.74, 6) is -0.391. The number of carbonyl (C=O) groups is 1. The predicted octanol–water partition coefficient (Wildman–Crippen LogP) is 5.36. The van der Waals surface area contributed by atoms with Gasteiger partial charge < -0.3 is 4.79 Å². The highest BCUT2D eigenvalue weighted by Gasteiger charge is 2.52. The molecule has 0 bridgehead atoms. The van der Waals surface area contributed by atoms with E-state index < -0.39 is 5.41 Å². The Labute approximate surface area is 192 Å². The molecule has 1 aromatic carbocycles. The maximum Gasteiger partial charge on any atom is 0.226 e. The van der Waals surface area contributed by atoms with E-state index in [0.717, 1.165) is 28.9 Å². The van der Waals surface area contributed by atoms with Crippen molar-refractivity contribution in [2.24, 2.45) is 11.8 Å². The van der Waals surface area contributed by atoms with E-state index in [2.05, 4.69) is 9.83 Å². The van der Waals surface area contributed by atoms with Gasteiger partial charge in [0.05, 0.1) is 18.0 Å². The number of ketones is 1. The lowest BCUT2D eigenvalue weighted by Gasteiger charge is -2.36. The Morgan fingerprint density at radius 3 is 2.76 bits per heavy atom. The topological polar surface area (TPSA) is 60.1 Å². The SMILES string of the molecule is [C-]#[N+]C1=C[C@@]2(C)c3nc(-c4ccnc(CC)c4)nc(-c4ccccc4F)c3C[C@@H]2[C@@H](C)C1=O. The van der Waals surface area contributed by atoms with Crippen LogP contribution in [0.1, 0.15) is 37.7 Å². The van der Waals surface area contributed by atoms with E-state index in [4.69, 9.17) is 16.5 Å². The largest absolute Gasteiger partial charge is 0.308 e. The van der Waals surface area contributed by atoms with E-state index in [1.165, 1.54) is 6.07 Å². The molecule has 3 atom stereocenters. The second-order valence-electron chi connectivity index (χ2n) is 8.98. The van der Waals surface area contributed by atoms with Crippen LogP contribution in [-0.2, 0) is 23.1 Å². The Morgan fingerprint density at radius 1 is 1.24 bits per heavy atom. The minimum atomic E-state index is -0.610. The van der Waals surface area contributed by atoms with E-state index in [9.17, 15) is 9.18 Å². The van der Waals surface area contributed by atoms with Gasteiger partial charge >= 0.3 is 0 Å². The summed E-state index contributed by atoms with van der Waals surface area (Å²) in [5, 5.41) is 0. The molecule has 164 valence electrons. The fraction of sp³-hybridized carbons (Fsp3) is 0.296. The number of Topliss-reactive ketones (excluding diaryl/α,β-unsaturated/α-hetero) is 1. The molecule has 2 aliphatic carbocycles. The molecule has 0 saturated heterocycles. The third kappa shape index (κ3) is 3.19. The van der Waals surface area contributed by atoms with Gasteiger partial charge in [0.1, 0.15) is 5.82 Å². The van der Waals surface area contributed by atoms with Gasteiger partial charge in [0.25, 0.3) is 0 Å². The summed E-state index contributed by atoms with van der Waals surface area (Å²) in [5.41, 5.74) is 3.85. The fourth-order valence-electron chi connectivity index (χ4n) is 5.28. The van der Waals surface area contributed by atoms with Crippen molar-refractivity contribution in [1.82, 2.24) is 15.0 Å². The molecule has 5 nitrogen and oxygen atoms in total. The first-order valence-corrected chi connectivity index (χ1v) is 11.1. The predicted molar refractivity (Wildman–Crippen MR) is 123 cm³/mol. The lowest BCUT2D eigenvalue weighted by atomic mass is 9.67. The standard InChI is InChI=1S/C27H23FN4O/c1-5-17-12-16(10-11-30-17)26-31-23(18-8-6-7-9-21(18)28)19-13-20-15(2)24(33)22(29-4)14-27(20,3)25(19)32-26/h6-12,14-15,20H,5,13H2,1-3H3/t15-,20-,27-/m1/s1. The Kier molecular flexibility index (Phi) is 4.93. The van der Waals surface area contributed by atoms with Gasteiger partial charge in [0.15, 0.2) is 11.6 Å². The van der Waals surface area contributed by atoms with Gasteiger partial charge in [-0.3, -0.25) is 4.98 Å². The van der Waals surface area contributed by atoms with E-state index >= 15 is 0 Å². The van der Waals surface area contributed by atoms with Crippen LogP contribution in [0.2, 0.25) is 0 Å². The van der Waals surface area contributed by atoms with Crippen LogP contribution < -0.4 is 0 Å². The summed E-state index contributed by atoms with van der Waals surface area (Å²) in [6.07, 6.45) is 4.83. The van der Waals surface area contributed by atoms with E-state index in [-0.39, 0.29) is 29.1 Å². The van der Waals surface area contributed by atoms with Gasteiger partial charge in [0, 0.05) is 39.9 Å². The molecule has 0 saturated carbocycles. The summed E-state index contributed by atoms with van der Waals surface area (Å²) in [4.78, 5) is 30.5. The summed E-state index contributed by atoms with van der Waals surface area (Å²) in [6.45, 7) is 13.5. The number of halogens is 1. The van der Waals surface area contributed by atoms with Crippen LogP contribution in [-0.4, -0.2) is 20.7 Å². The minimum absolute atomic E-state index is 0.0655. The fourth-order valence-corrected chi connectivity index (χ4v) is 5.28. The summed E-state index contributed by atoms with van der Waals surface area (Å²) in [7, 11) is 0. The third-order valence-electron chi connectivity index (χ3n) is 7.10. The highest BCUT2D eigenvalue weighted by atomic mass is 19.1. The number of pyridine rings is 1. The molecule has 0 aliphatic heterocycles. The molecule has 0 unspecified atom stereocenters. The zero-order chi connectivity index (χ0) is 23.3. The van der Waals surface area contributed by atoms with Crippen molar-refractivity contribution in [1.29, 1.82) is 0 Å². The highest BCUT2D eigenvalue weighted by Crippen LogP contribution is 2.52. The quantitative estimate of drug-likeness (QED) is 0.517. The molecule has 0 amide bonds. The third-order valence-corrected chi connectivity index (χ3v) is 7.10. The molecule has 0 radical (unpaired) electrons. The number of fused-ring (bicyclic) bond motifs is 3. The first-order valence-electron chi connectivity index (χ1n) is 11.1. The number of aromatic nitrogens is 3. The van der Waals surface area contributed by atoms with Crippen molar-refractivity contribution in [2.45, 2.75) is 39.0 Å². The van der Waals surface area contributed by atoms with Crippen molar-refractivity contribution >= 4 is 5.78 Å². The second kappa shape index (κ2) is 7.70. The number of carbonyl (C=O) groups excluding carboxylic acids is 1. The van der Waals surface area contributed by atoms with Crippen LogP contribution in [0.4, 0.5) is 4.39 Å². The van der Waals surface area contributed by atoms with Crippen molar-refractivity contribution in [3.8, 4) is 22.6 Å². The molecule has 5 rings (SSSR count). The van der Waals surface area contributed by atoms with Crippen molar-refractivity contribution in [3.05, 3.63) is 88.6 Å². The average Bonchev–Trinajstić information content (AvgIpc) is 3.14. The number of benzene rings is 1. The number of nitrogens with zero attached hydrogens (tertiary/aromatic N) is 4. The van der Waals surface area contributed by atoms with E-state index in [0.29, 0.717) is 23.5 Å². The molecule has 2 aliphatic rings. The molecule has 2 heterocycles. The molecule has 6 heteroatoms. The molecular weight excluding hydrogens is 415 g/mol. The van der Waals surface area contributed by atoms with Crippen LogP contribution >= 0.6 is 0 Å². The van der Waals surface area contributed by atoms with Crippen molar-refractivity contribution in [2.75, 3.05) is 0 Å². The van der Waals surface area contributed by atoms with Gasteiger partial charge in [-0.2, -0.15) is 0 Å². The summed E-state index contributed by atoms with van der Waals surface area (Å²) in [6, 6.07) is 10.4. The van der Waals surface area contributed by atoms with Crippen molar-refractivity contribution in [3.63, 3.8) is 0 Å². The first kappa shape index (κ1) is 21.1. The smallest absolute Gasteiger partial charge is 0.226 e. The van der Waals surface area contributed by atoms with Crippen LogP contribution in [0.5, 0.6) is 0 Å². The number of hydrogen-bond acceptors (Lipinski definition) is 4. The average molecular weight is 439 g/mol. The number of hydrogen-bond donors (Lipinski definition) is 0. The molecule has 0 fully saturated rings. The van der Waals surface area contributed by atoms with Crippen LogP contribution in [0.15, 0.2) is 54.4 Å². The monoisotopic (exact) mass is 438 g/mol. The van der Waals surface area contributed by atoms with Gasteiger partial charge in [-0.1, -0.05) is 39.0 Å². The lowest BCUT2D eigenvalue weighted by molar-refractivity contribution is -0.121. The first-order chi connectivity index (χ1) is 15.9. The van der Waals surface area contributed by atoms with Crippen molar-refractivity contribution < 1.29 is 9.18 Å². The second-order valence-corrected chi connectivity index (χ2v) is 8.98. The minimum Gasteiger partial charge on any atom is -0.308 e. The maximum atomic E-state index is 14.9. The van der Waals surface area contributed by atoms with Gasteiger partial charge in [-0.15, -0.1) is 0 Å². The molecule has 0 N–H and O–H groups in total. The lowest BCUT2D eigenvalue weighted by Crippen LogP contribution is -2.39. The van der Waals surface area contributed by atoms with Gasteiger partial charge in [-0.25, -0.2) is 19.2 Å². The Morgan fingerprint density at radius 2 is 2.03 bits per heavy atom. The van der Waals surface area contributed by atoms with Gasteiger partial charge in [0.2, 0.25) is 5.70 Å². The normalized spacial score (nSPS) is 23.5. The Balaban J connectivity index is 1.81. The van der Waals surface area contributed by atoms with E-state index in [1.54, 1.807) is 30.5 Å². The zero-order valence-corrected chi connectivity index (χ0v) is 18.8. The highest BCUT2D eigenvalue weighted by molar-refractivity contribution is 6.00. The number of aryl methyl sites for hydroxylation is 1. The summed E-state index contributed by atoms with van der Waals surface area (Å²) < 4.78 is 14.9. The number of rotatable bonds is 3. The Hall–Kier alpha value is -3.72. The molecule has 33 heavy (non-hydrogen) atoms. The van der Waals surface area contributed by atoms with Crippen LogP contribution in [0.25, 0.3) is 27.5 Å². The Bertz CT molecular complexity index is 1370. The number of allylic oxidation sites excluding steroid dienone is 2. The molecule has 3 aromatic rings. The molecule has 0 spiro atoms. The summed E-state index contributed by atoms with van der Waals surface area (Å²) >= 11 is 0. The van der Waals surface area contributed by atoms with Gasteiger partial charge in [-0.05, 0) is 43.0 Å². The maximum absolute atomic E-state index is 14.9. The zero-order valence-electron chi connectivity index (χ0n) is 18.8. The molecule has 2 aromatic heterocycles. The molecular formula is C27H23FN4O.